The second kappa shape index (κ2) is 5.30. The highest BCUT2D eigenvalue weighted by Crippen LogP contribution is 2.71. The maximum Gasteiger partial charge on any atom is 0.302 e. The molecule has 6 nitrogen and oxygen atoms in total. The SMILES string of the molecule is CC(=O)OC[C@]12CCC(C)=C[C@H]1O[C@@H]1[C@H](OC(C)=O)C[C@@]2(C)[C@]12CO2. The Morgan fingerprint density at radius 1 is 1.32 bits per heavy atom. The van der Waals surface area contributed by atoms with Crippen LogP contribution >= 0.6 is 0 Å². The zero-order valence-electron chi connectivity index (χ0n) is 15.3. The van der Waals surface area contributed by atoms with Crippen molar-refractivity contribution in [3.05, 3.63) is 11.6 Å². The first-order valence-electron chi connectivity index (χ1n) is 9.01. The van der Waals surface area contributed by atoms with Gasteiger partial charge in [-0.2, -0.15) is 0 Å². The van der Waals surface area contributed by atoms with Crippen LogP contribution in [-0.4, -0.2) is 49.1 Å². The van der Waals surface area contributed by atoms with E-state index >= 15 is 0 Å². The molecule has 2 aliphatic carbocycles. The molecule has 1 spiro atoms. The van der Waals surface area contributed by atoms with Gasteiger partial charge in [-0.15, -0.1) is 0 Å². The smallest absolute Gasteiger partial charge is 0.302 e. The Morgan fingerprint density at radius 3 is 2.64 bits per heavy atom. The van der Waals surface area contributed by atoms with E-state index in [1.807, 2.05) is 0 Å². The Morgan fingerprint density at radius 2 is 2.04 bits per heavy atom. The molecule has 4 aliphatic rings. The van der Waals surface area contributed by atoms with Crippen LogP contribution in [0.15, 0.2) is 11.6 Å². The predicted molar refractivity (Wildman–Crippen MR) is 87.7 cm³/mol. The van der Waals surface area contributed by atoms with Crippen molar-refractivity contribution in [2.45, 2.75) is 70.9 Å². The number of carbonyl (C=O) groups excluding carboxylic acids is 2. The Kier molecular flexibility index (Phi) is 3.61. The van der Waals surface area contributed by atoms with Crippen LogP contribution in [-0.2, 0) is 28.5 Å². The highest BCUT2D eigenvalue weighted by molar-refractivity contribution is 5.66. The predicted octanol–water partition coefficient (Wildman–Crippen LogP) is 2.15. The van der Waals surface area contributed by atoms with E-state index in [1.165, 1.54) is 19.4 Å². The van der Waals surface area contributed by atoms with Gasteiger partial charge in [0.25, 0.3) is 0 Å². The van der Waals surface area contributed by atoms with E-state index < -0.39 is 5.60 Å². The lowest BCUT2D eigenvalue weighted by Crippen LogP contribution is -2.64. The third-order valence-corrected chi connectivity index (χ3v) is 6.98. The Hall–Kier alpha value is -1.40. The van der Waals surface area contributed by atoms with Crippen molar-refractivity contribution in [1.29, 1.82) is 0 Å². The summed E-state index contributed by atoms with van der Waals surface area (Å²) in [5.74, 6) is -0.588. The van der Waals surface area contributed by atoms with Crippen LogP contribution in [0.1, 0.15) is 47.0 Å². The molecule has 2 saturated heterocycles. The van der Waals surface area contributed by atoms with Gasteiger partial charge in [-0.05, 0) is 26.2 Å². The largest absolute Gasteiger partial charge is 0.465 e. The minimum atomic E-state index is -0.442. The fourth-order valence-electron chi connectivity index (χ4n) is 5.52. The molecule has 2 bridgehead atoms. The van der Waals surface area contributed by atoms with Crippen LogP contribution < -0.4 is 0 Å². The molecule has 25 heavy (non-hydrogen) atoms. The summed E-state index contributed by atoms with van der Waals surface area (Å²) in [5.41, 5.74) is 0.201. The zero-order valence-corrected chi connectivity index (χ0v) is 15.3. The summed E-state index contributed by atoms with van der Waals surface area (Å²) in [6, 6.07) is 0. The van der Waals surface area contributed by atoms with Crippen molar-refractivity contribution in [1.82, 2.24) is 0 Å². The van der Waals surface area contributed by atoms with Gasteiger partial charge in [0.05, 0.1) is 12.7 Å². The molecule has 1 saturated carbocycles. The Balaban J connectivity index is 1.77. The van der Waals surface area contributed by atoms with Gasteiger partial charge in [0.1, 0.15) is 24.4 Å². The van der Waals surface area contributed by atoms with E-state index in [4.69, 9.17) is 18.9 Å². The van der Waals surface area contributed by atoms with Crippen molar-refractivity contribution >= 4 is 11.9 Å². The molecule has 138 valence electrons. The molecule has 3 fully saturated rings. The number of rotatable bonds is 3. The van der Waals surface area contributed by atoms with Gasteiger partial charge in [0.15, 0.2) is 0 Å². The number of hydrogen-bond acceptors (Lipinski definition) is 6. The first-order valence-corrected chi connectivity index (χ1v) is 9.01. The standard InChI is InChI=1S/C19H26O6/c1-11-5-6-18(9-22-12(2)20)15(7-11)25-16-14(24-13(3)21)8-17(18,4)19(16)10-23-19/h7,14-16H,5-6,8-10H2,1-4H3/t14-,15-,16-,17-,18-,19+/m1/s1. The van der Waals surface area contributed by atoms with Gasteiger partial charge < -0.3 is 18.9 Å². The van der Waals surface area contributed by atoms with E-state index in [2.05, 4.69) is 19.9 Å². The van der Waals surface area contributed by atoms with Gasteiger partial charge in [0.2, 0.25) is 0 Å². The maximum absolute atomic E-state index is 11.6. The molecular formula is C19H26O6. The molecule has 0 aromatic heterocycles. The number of ether oxygens (including phenoxy) is 4. The topological polar surface area (TPSA) is 74.4 Å². The summed E-state index contributed by atoms with van der Waals surface area (Å²) in [6.45, 7) is 8.07. The van der Waals surface area contributed by atoms with Crippen molar-refractivity contribution in [2.75, 3.05) is 13.2 Å². The summed E-state index contributed by atoms with van der Waals surface area (Å²) < 4.78 is 23.6. The minimum Gasteiger partial charge on any atom is -0.465 e. The molecule has 0 aromatic carbocycles. The molecule has 0 N–H and O–H groups in total. The van der Waals surface area contributed by atoms with Crippen LogP contribution in [0.5, 0.6) is 0 Å². The van der Waals surface area contributed by atoms with E-state index in [0.717, 1.165) is 12.8 Å². The summed E-state index contributed by atoms with van der Waals surface area (Å²) in [5, 5.41) is 0. The lowest BCUT2D eigenvalue weighted by Gasteiger charge is -2.57. The molecular weight excluding hydrogens is 324 g/mol. The average Bonchev–Trinajstić information content (AvgIpc) is 3.28. The normalized spacial score (nSPS) is 47.0. The fourth-order valence-corrected chi connectivity index (χ4v) is 5.52. The molecule has 2 heterocycles. The van der Waals surface area contributed by atoms with Gasteiger partial charge in [0, 0.05) is 24.7 Å². The summed E-state index contributed by atoms with van der Waals surface area (Å²) in [6.07, 6.45) is 3.89. The van der Waals surface area contributed by atoms with Crippen LogP contribution in [0, 0.1) is 10.8 Å². The van der Waals surface area contributed by atoms with Gasteiger partial charge >= 0.3 is 11.9 Å². The van der Waals surface area contributed by atoms with Gasteiger partial charge in [-0.3, -0.25) is 9.59 Å². The fraction of sp³-hybridized carbons (Fsp3) is 0.789. The lowest BCUT2D eigenvalue weighted by atomic mass is 9.52. The van der Waals surface area contributed by atoms with E-state index in [9.17, 15) is 9.59 Å². The number of allylic oxidation sites excluding steroid dienone is 1. The average molecular weight is 350 g/mol. The molecule has 6 heteroatoms. The summed E-state index contributed by atoms with van der Waals surface area (Å²) in [4.78, 5) is 23.1. The first kappa shape index (κ1) is 17.0. The first-order chi connectivity index (χ1) is 11.7. The third-order valence-electron chi connectivity index (χ3n) is 6.98. The van der Waals surface area contributed by atoms with Crippen molar-refractivity contribution in [3.8, 4) is 0 Å². The molecule has 0 aromatic rings. The zero-order chi connectivity index (χ0) is 18.0. The Labute approximate surface area is 147 Å². The van der Waals surface area contributed by atoms with Crippen LogP contribution in [0.3, 0.4) is 0 Å². The van der Waals surface area contributed by atoms with Crippen LogP contribution in [0.25, 0.3) is 0 Å². The molecule has 0 amide bonds. The quantitative estimate of drug-likeness (QED) is 0.441. The number of fused-ring (bicyclic) bond motifs is 2. The molecule has 6 atom stereocenters. The highest BCUT2D eigenvalue weighted by atomic mass is 16.7. The Bertz CT molecular complexity index is 650. The van der Waals surface area contributed by atoms with E-state index in [0.29, 0.717) is 19.6 Å². The summed E-state index contributed by atoms with van der Waals surface area (Å²) in [7, 11) is 0. The van der Waals surface area contributed by atoms with Gasteiger partial charge in [-0.25, -0.2) is 0 Å². The van der Waals surface area contributed by atoms with E-state index in [1.54, 1.807) is 0 Å². The van der Waals surface area contributed by atoms with Crippen molar-refractivity contribution in [3.63, 3.8) is 0 Å². The number of esters is 2. The monoisotopic (exact) mass is 350 g/mol. The second-order valence-corrected chi connectivity index (χ2v) is 8.29. The lowest BCUT2D eigenvalue weighted by molar-refractivity contribution is -0.223. The molecule has 4 rings (SSSR count). The molecule has 2 aliphatic heterocycles. The maximum atomic E-state index is 11.6. The van der Waals surface area contributed by atoms with Crippen LogP contribution in [0.4, 0.5) is 0 Å². The van der Waals surface area contributed by atoms with Crippen molar-refractivity contribution in [2.24, 2.45) is 10.8 Å². The van der Waals surface area contributed by atoms with Gasteiger partial charge in [-0.1, -0.05) is 18.6 Å². The van der Waals surface area contributed by atoms with Crippen molar-refractivity contribution < 1.29 is 28.5 Å². The number of epoxide rings is 1. The highest BCUT2D eigenvalue weighted by Gasteiger charge is 2.81. The van der Waals surface area contributed by atoms with E-state index in [-0.39, 0.29) is 41.1 Å². The third kappa shape index (κ3) is 2.16. The molecule has 0 unspecified atom stereocenters. The number of carbonyl (C=O) groups is 2. The minimum absolute atomic E-state index is 0.161. The molecule has 0 radical (unpaired) electrons. The van der Waals surface area contributed by atoms with Crippen LogP contribution in [0.2, 0.25) is 0 Å². The summed E-state index contributed by atoms with van der Waals surface area (Å²) >= 11 is 0. The second-order valence-electron chi connectivity index (χ2n) is 8.29. The number of hydrogen-bond donors (Lipinski definition) is 0.